The molecular formula is C15H11ClFN5O2. The van der Waals surface area contributed by atoms with E-state index in [-0.39, 0.29) is 23.1 Å². The van der Waals surface area contributed by atoms with Gasteiger partial charge < -0.3 is 5.32 Å². The molecule has 2 amide bonds. The van der Waals surface area contributed by atoms with E-state index in [0.29, 0.717) is 5.65 Å². The van der Waals surface area contributed by atoms with E-state index in [2.05, 4.69) is 20.8 Å². The number of nitrogens with zero attached hydrogens (tertiary/aromatic N) is 3. The number of fused-ring (bicyclic) bond motifs is 1. The minimum absolute atomic E-state index is 0.0311. The molecule has 7 nitrogen and oxygen atoms in total. The highest BCUT2D eigenvalue weighted by atomic mass is 35.5. The first-order valence-corrected chi connectivity index (χ1v) is 7.26. The second-order valence-corrected chi connectivity index (χ2v) is 5.19. The molecule has 2 N–H and O–H groups in total. The average Bonchev–Trinajstić information content (AvgIpc) is 2.96. The molecule has 2 heterocycles. The van der Waals surface area contributed by atoms with E-state index in [1.807, 2.05) is 0 Å². The lowest BCUT2D eigenvalue weighted by Crippen LogP contribution is -2.33. The molecule has 1 aromatic carbocycles. The van der Waals surface area contributed by atoms with Crippen LogP contribution in [0.4, 0.5) is 10.3 Å². The molecule has 0 fully saturated rings. The molecule has 0 saturated carbocycles. The summed E-state index contributed by atoms with van der Waals surface area (Å²) < 4.78 is 15.2. The third-order valence-corrected chi connectivity index (χ3v) is 3.48. The van der Waals surface area contributed by atoms with Crippen LogP contribution >= 0.6 is 11.6 Å². The van der Waals surface area contributed by atoms with Crippen LogP contribution in [0.3, 0.4) is 0 Å². The number of benzene rings is 1. The van der Waals surface area contributed by atoms with E-state index in [9.17, 15) is 14.0 Å². The molecule has 0 atom stereocenters. The summed E-state index contributed by atoms with van der Waals surface area (Å²) >= 11 is 5.80. The summed E-state index contributed by atoms with van der Waals surface area (Å²) in [6, 6.07) is 9.16. The maximum absolute atomic E-state index is 13.6. The molecule has 0 saturated heterocycles. The largest absolute Gasteiger partial charge is 0.343 e. The molecule has 2 aromatic heterocycles. The predicted molar refractivity (Wildman–Crippen MR) is 85.4 cm³/mol. The second kappa shape index (κ2) is 6.63. The van der Waals surface area contributed by atoms with Crippen molar-refractivity contribution in [1.29, 1.82) is 0 Å². The summed E-state index contributed by atoms with van der Waals surface area (Å²) in [4.78, 5) is 23.9. The van der Waals surface area contributed by atoms with Crippen LogP contribution in [-0.4, -0.2) is 33.0 Å². The minimum Gasteiger partial charge on any atom is -0.343 e. The molecule has 0 unspecified atom stereocenters. The number of hydrogen-bond acceptors (Lipinski definition) is 4. The third kappa shape index (κ3) is 3.18. The highest BCUT2D eigenvalue weighted by Crippen LogP contribution is 2.18. The smallest absolute Gasteiger partial charge is 0.256 e. The molecule has 3 rings (SSSR count). The van der Waals surface area contributed by atoms with Crippen molar-refractivity contribution in [3.63, 3.8) is 0 Å². The van der Waals surface area contributed by atoms with Gasteiger partial charge in [0.25, 0.3) is 5.91 Å². The molecule has 122 valence electrons. The average molecular weight is 348 g/mol. The van der Waals surface area contributed by atoms with E-state index in [1.54, 1.807) is 28.8 Å². The van der Waals surface area contributed by atoms with Gasteiger partial charge in [0.1, 0.15) is 5.82 Å². The lowest BCUT2D eigenvalue weighted by atomic mass is 10.2. The van der Waals surface area contributed by atoms with Gasteiger partial charge in [-0.15, -0.1) is 10.2 Å². The lowest BCUT2D eigenvalue weighted by Gasteiger charge is -2.07. The molecule has 3 aromatic rings. The molecule has 0 aliphatic rings. The number of carbonyl (C=O) groups is 2. The molecule has 9 heteroatoms. The summed E-state index contributed by atoms with van der Waals surface area (Å²) in [5.41, 5.74) is 0.259. The molecule has 0 bridgehead atoms. The van der Waals surface area contributed by atoms with Crippen LogP contribution in [0.5, 0.6) is 0 Å². The third-order valence-electron chi connectivity index (χ3n) is 3.16. The Kier molecular flexibility index (Phi) is 4.39. The van der Waals surface area contributed by atoms with Crippen molar-refractivity contribution in [2.75, 3.05) is 11.9 Å². The number of pyridine rings is 1. The summed E-state index contributed by atoms with van der Waals surface area (Å²) in [6.45, 7) is -0.370. The highest BCUT2D eigenvalue weighted by molar-refractivity contribution is 6.33. The van der Waals surface area contributed by atoms with E-state index in [4.69, 9.17) is 11.6 Å². The minimum atomic E-state index is -0.778. The van der Waals surface area contributed by atoms with Gasteiger partial charge in [0.2, 0.25) is 11.9 Å². The zero-order valence-electron chi connectivity index (χ0n) is 12.2. The van der Waals surface area contributed by atoms with Crippen LogP contribution in [0, 0.1) is 5.82 Å². The fraction of sp³-hybridized carbons (Fsp3) is 0.0667. The van der Waals surface area contributed by atoms with Gasteiger partial charge in [-0.05, 0) is 24.3 Å². The second-order valence-electron chi connectivity index (χ2n) is 4.78. The topological polar surface area (TPSA) is 88.4 Å². The van der Waals surface area contributed by atoms with Crippen LogP contribution in [-0.2, 0) is 4.79 Å². The number of anilines is 1. The van der Waals surface area contributed by atoms with Crippen LogP contribution in [0.2, 0.25) is 5.02 Å². The molecule has 0 radical (unpaired) electrons. The Morgan fingerprint density at radius 1 is 1.17 bits per heavy atom. The number of hydrogen-bond donors (Lipinski definition) is 2. The molecule has 0 aliphatic carbocycles. The van der Waals surface area contributed by atoms with Crippen molar-refractivity contribution in [3.05, 3.63) is 59.0 Å². The van der Waals surface area contributed by atoms with E-state index < -0.39 is 17.6 Å². The maximum atomic E-state index is 13.6. The van der Waals surface area contributed by atoms with Crippen molar-refractivity contribution < 1.29 is 14.0 Å². The van der Waals surface area contributed by atoms with Crippen molar-refractivity contribution >= 4 is 35.0 Å². The van der Waals surface area contributed by atoms with E-state index >= 15 is 0 Å². The van der Waals surface area contributed by atoms with Crippen molar-refractivity contribution in [1.82, 2.24) is 19.9 Å². The normalized spacial score (nSPS) is 10.6. The summed E-state index contributed by atoms with van der Waals surface area (Å²) in [5.74, 6) is -1.86. The lowest BCUT2D eigenvalue weighted by molar-refractivity contribution is -0.115. The fourth-order valence-corrected chi connectivity index (χ4v) is 2.31. The first-order valence-electron chi connectivity index (χ1n) is 6.88. The standard InChI is InChI=1S/C15H11ClFN5O2/c16-9-4-3-5-10(17)13(9)14(24)18-8-12(23)19-15-21-20-11-6-1-2-7-22(11)15/h1-7H,8H2,(H,18,24)(H,19,21,23). The van der Waals surface area contributed by atoms with Gasteiger partial charge in [-0.3, -0.25) is 19.3 Å². The van der Waals surface area contributed by atoms with Crippen LogP contribution < -0.4 is 10.6 Å². The molecule has 0 spiro atoms. The number of halogens is 2. The van der Waals surface area contributed by atoms with Gasteiger partial charge in [0.15, 0.2) is 5.65 Å². The summed E-state index contributed by atoms with van der Waals surface area (Å²) in [6.07, 6.45) is 1.68. The summed E-state index contributed by atoms with van der Waals surface area (Å²) in [7, 11) is 0. The quantitative estimate of drug-likeness (QED) is 0.754. The predicted octanol–water partition coefficient (Wildman–Crippen LogP) is 1.89. The number of carbonyl (C=O) groups excluding carboxylic acids is 2. The number of rotatable bonds is 4. The molecule has 24 heavy (non-hydrogen) atoms. The Morgan fingerprint density at radius 2 is 2.00 bits per heavy atom. The fourth-order valence-electron chi connectivity index (χ4n) is 2.06. The first-order chi connectivity index (χ1) is 11.6. The van der Waals surface area contributed by atoms with Gasteiger partial charge in [0.05, 0.1) is 17.1 Å². The number of aromatic nitrogens is 3. The van der Waals surface area contributed by atoms with Gasteiger partial charge in [-0.2, -0.15) is 0 Å². The molecular weight excluding hydrogens is 337 g/mol. The highest BCUT2D eigenvalue weighted by Gasteiger charge is 2.17. The number of amides is 2. The Morgan fingerprint density at radius 3 is 2.79 bits per heavy atom. The van der Waals surface area contributed by atoms with Crippen LogP contribution in [0.15, 0.2) is 42.6 Å². The van der Waals surface area contributed by atoms with Crippen LogP contribution in [0.1, 0.15) is 10.4 Å². The van der Waals surface area contributed by atoms with Crippen molar-refractivity contribution in [2.45, 2.75) is 0 Å². The SMILES string of the molecule is O=C(CNC(=O)c1c(F)cccc1Cl)Nc1nnc2ccccn12. The van der Waals surface area contributed by atoms with Crippen molar-refractivity contribution in [3.8, 4) is 0 Å². The zero-order chi connectivity index (χ0) is 17.1. The Labute approximate surface area is 140 Å². The van der Waals surface area contributed by atoms with Crippen molar-refractivity contribution in [2.24, 2.45) is 0 Å². The van der Waals surface area contributed by atoms with Gasteiger partial charge in [-0.25, -0.2) is 4.39 Å². The maximum Gasteiger partial charge on any atom is 0.256 e. The monoisotopic (exact) mass is 347 g/mol. The Bertz CT molecular complexity index is 907. The van der Waals surface area contributed by atoms with E-state index in [0.717, 1.165) is 6.07 Å². The van der Waals surface area contributed by atoms with Crippen LogP contribution in [0.25, 0.3) is 5.65 Å². The zero-order valence-corrected chi connectivity index (χ0v) is 12.9. The summed E-state index contributed by atoms with van der Waals surface area (Å²) in [5, 5.41) is 12.5. The first kappa shape index (κ1) is 15.9. The Balaban J connectivity index is 1.64. The van der Waals surface area contributed by atoms with Gasteiger partial charge in [-0.1, -0.05) is 23.7 Å². The van der Waals surface area contributed by atoms with E-state index in [1.165, 1.54) is 12.1 Å². The Hall–Kier alpha value is -3.00. The number of nitrogens with one attached hydrogen (secondary N) is 2. The molecule has 0 aliphatic heterocycles. The van der Waals surface area contributed by atoms with Gasteiger partial charge >= 0.3 is 0 Å². The van der Waals surface area contributed by atoms with Gasteiger partial charge in [0, 0.05) is 6.20 Å².